The van der Waals surface area contributed by atoms with Crippen LogP contribution in [0.15, 0.2) is 65.4 Å². The Morgan fingerprint density at radius 2 is 1.26 bits per heavy atom. The molecule has 4 aliphatic rings. The molecule has 0 aromatic heterocycles. The molecule has 0 fully saturated rings. The Balaban J connectivity index is 1.72. The number of hydrogen-bond donors (Lipinski definition) is 1. The van der Waals surface area contributed by atoms with Gasteiger partial charge in [0.2, 0.25) is 0 Å². The van der Waals surface area contributed by atoms with Crippen LogP contribution in [-0.2, 0) is 4.79 Å². The van der Waals surface area contributed by atoms with Gasteiger partial charge < -0.3 is 5.32 Å². The molecule has 152 valence electrons. The van der Waals surface area contributed by atoms with Crippen molar-refractivity contribution in [3.05, 3.63) is 87.6 Å². The van der Waals surface area contributed by atoms with Crippen LogP contribution in [-0.4, -0.2) is 23.1 Å². The maximum absolute atomic E-state index is 14.0. The number of nitrogens with one attached hydrogen (secondary N) is 1. The number of benzene rings is 2. The molecule has 0 amide bonds. The summed E-state index contributed by atoms with van der Waals surface area (Å²) in [5.74, 6) is -1.55. The molecule has 0 saturated carbocycles. The van der Waals surface area contributed by atoms with Crippen LogP contribution >= 0.6 is 0 Å². The van der Waals surface area contributed by atoms with Crippen molar-refractivity contribution in [1.82, 2.24) is 5.32 Å². The molecule has 1 spiro atoms. The smallest absolute Gasteiger partial charge is 0.193 e. The van der Waals surface area contributed by atoms with Gasteiger partial charge in [-0.25, -0.2) is 0 Å². The lowest BCUT2D eigenvalue weighted by atomic mass is 9.60. The normalized spacial score (nSPS) is 22.4. The molecule has 0 atom stereocenters. The Hall–Kier alpha value is -3.60. The number of Topliss-reactive ketones (excluding diaryl/α,β-unsaturated/α-hetero) is 4. The lowest BCUT2D eigenvalue weighted by molar-refractivity contribution is -0.118. The van der Waals surface area contributed by atoms with E-state index in [0.29, 0.717) is 28.9 Å². The number of allylic oxidation sites excluding steroid dienone is 3. The van der Waals surface area contributed by atoms with Gasteiger partial charge in [0.05, 0.1) is 11.3 Å². The number of fused-ring (bicyclic) bond motifs is 5. The van der Waals surface area contributed by atoms with Gasteiger partial charge in [-0.3, -0.25) is 19.2 Å². The zero-order chi connectivity index (χ0) is 21.7. The molecule has 0 bridgehead atoms. The second-order valence-corrected chi connectivity index (χ2v) is 9.50. The molecule has 1 aliphatic heterocycles. The summed E-state index contributed by atoms with van der Waals surface area (Å²) in [4.78, 5) is 55.0. The summed E-state index contributed by atoms with van der Waals surface area (Å²) in [5, 5.41) is 3.32. The van der Waals surface area contributed by atoms with Crippen molar-refractivity contribution < 1.29 is 19.2 Å². The molecule has 5 nitrogen and oxygen atoms in total. The minimum Gasteiger partial charge on any atom is -0.358 e. The Bertz CT molecular complexity index is 1320. The summed E-state index contributed by atoms with van der Waals surface area (Å²) in [5.41, 5.74) is 0.779. The molecule has 0 unspecified atom stereocenters. The van der Waals surface area contributed by atoms with Gasteiger partial charge in [0.25, 0.3) is 0 Å². The average Bonchev–Trinajstić information content (AvgIpc) is 3.13. The average molecular weight is 409 g/mol. The van der Waals surface area contributed by atoms with Crippen molar-refractivity contribution in [1.29, 1.82) is 0 Å². The molecule has 5 heteroatoms. The number of hydrogen-bond acceptors (Lipinski definition) is 5. The summed E-state index contributed by atoms with van der Waals surface area (Å²) in [7, 11) is 0. The fraction of sp³-hybridized carbons (Fsp3) is 0.231. The highest BCUT2D eigenvalue weighted by Gasteiger charge is 2.66. The van der Waals surface area contributed by atoms with E-state index in [2.05, 4.69) is 5.32 Å². The third-order valence-corrected chi connectivity index (χ3v) is 6.92. The van der Waals surface area contributed by atoms with Crippen LogP contribution in [0.25, 0.3) is 5.70 Å². The predicted octanol–water partition coefficient (Wildman–Crippen LogP) is 3.91. The van der Waals surface area contributed by atoms with E-state index in [0.717, 1.165) is 0 Å². The molecule has 0 radical (unpaired) electrons. The molecule has 31 heavy (non-hydrogen) atoms. The molecule has 2 aromatic rings. The first kappa shape index (κ1) is 18.2. The maximum atomic E-state index is 14.0. The minimum atomic E-state index is -1.90. The number of ketones is 4. The van der Waals surface area contributed by atoms with Gasteiger partial charge in [-0.2, -0.15) is 0 Å². The van der Waals surface area contributed by atoms with Crippen LogP contribution in [0.4, 0.5) is 0 Å². The van der Waals surface area contributed by atoms with Gasteiger partial charge in [-0.15, -0.1) is 0 Å². The lowest BCUT2D eigenvalue weighted by Gasteiger charge is -2.42. The van der Waals surface area contributed by atoms with E-state index in [1.807, 2.05) is 26.0 Å². The van der Waals surface area contributed by atoms with Gasteiger partial charge in [-0.05, 0) is 11.8 Å². The maximum Gasteiger partial charge on any atom is 0.193 e. The first-order chi connectivity index (χ1) is 14.8. The lowest BCUT2D eigenvalue weighted by Crippen LogP contribution is -2.49. The van der Waals surface area contributed by atoms with Crippen LogP contribution in [0.3, 0.4) is 0 Å². The summed E-state index contributed by atoms with van der Waals surface area (Å²) in [6.45, 7) is 3.99. The molecule has 1 heterocycles. The van der Waals surface area contributed by atoms with Crippen LogP contribution in [0.5, 0.6) is 0 Å². The van der Waals surface area contributed by atoms with Crippen molar-refractivity contribution in [2.45, 2.75) is 26.7 Å². The SMILES string of the molecule is CC1(C)CC(=O)C2=C(C1)NC1=C(C(=O)c3ccccc31)C21C(=O)c2ccccc2C1=O. The van der Waals surface area contributed by atoms with Crippen molar-refractivity contribution in [2.75, 3.05) is 0 Å². The van der Waals surface area contributed by atoms with E-state index < -0.39 is 17.0 Å². The van der Waals surface area contributed by atoms with Crippen molar-refractivity contribution in [3.63, 3.8) is 0 Å². The molecular weight excluding hydrogens is 390 g/mol. The molecule has 3 aliphatic carbocycles. The molecular formula is C26H19NO4. The second kappa shape index (κ2) is 5.55. The van der Waals surface area contributed by atoms with Crippen LogP contribution in [0.2, 0.25) is 0 Å². The van der Waals surface area contributed by atoms with E-state index in [-0.39, 0.29) is 45.7 Å². The fourth-order valence-corrected chi connectivity index (χ4v) is 5.75. The van der Waals surface area contributed by atoms with Crippen LogP contribution in [0.1, 0.15) is 63.3 Å². The number of carbonyl (C=O) groups excluding carboxylic acids is 4. The van der Waals surface area contributed by atoms with Gasteiger partial charge in [-0.1, -0.05) is 62.4 Å². The van der Waals surface area contributed by atoms with E-state index in [1.54, 1.807) is 36.4 Å². The number of rotatable bonds is 0. The zero-order valence-electron chi connectivity index (χ0n) is 17.2. The first-order valence-electron chi connectivity index (χ1n) is 10.4. The van der Waals surface area contributed by atoms with Gasteiger partial charge in [0.1, 0.15) is 0 Å². The van der Waals surface area contributed by atoms with Crippen LogP contribution < -0.4 is 5.32 Å². The van der Waals surface area contributed by atoms with E-state index in [9.17, 15) is 19.2 Å². The monoisotopic (exact) mass is 409 g/mol. The highest BCUT2D eigenvalue weighted by atomic mass is 16.2. The van der Waals surface area contributed by atoms with Crippen molar-refractivity contribution >= 4 is 28.8 Å². The van der Waals surface area contributed by atoms with E-state index >= 15 is 0 Å². The molecule has 6 rings (SSSR count). The fourth-order valence-electron chi connectivity index (χ4n) is 5.75. The Labute approximate surface area is 178 Å². The van der Waals surface area contributed by atoms with Gasteiger partial charge in [0, 0.05) is 39.9 Å². The first-order valence-corrected chi connectivity index (χ1v) is 10.4. The summed E-state index contributed by atoms with van der Waals surface area (Å²) >= 11 is 0. The van der Waals surface area contributed by atoms with Crippen molar-refractivity contribution in [2.24, 2.45) is 10.8 Å². The molecule has 2 aromatic carbocycles. The summed E-state index contributed by atoms with van der Waals surface area (Å²) in [6.07, 6.45) is 0.732. The highest BCUT2D eigenvalue weighted by Crippen LogP contribution is 2.58. The third-order valence-electron chi connectivity index (χ3n) is 6.92. The van der Waals surface area contributed by atoms with Crippen LogP contribution in [0, 0.1) is 10.8 Å². The topological polar surface area (TPSA) is 80.3 Å². The summed E-state index contributed by atoms with van der Waals surface area (Å²) in [6, 6.07) is 13.7. The zero-order valence-corrected chi connectivity index (χ0v) is 17.2. The largest absolute Gasteiger partial charge is 0.358 e. The quantitative estimate of drug-likeness (QED) is 0.668. The predicted molar refractivity (Wildman–Crippen MR) is 113 cm³/mol. The standard InChI is InChI=1S/C26H19NO4/c1-25(2)11-17-19(18(28)12-25)26(23(30)15-9-5-6-10-16(15)24(26)31)20-21(27-17)13-7-3-4-8-14(13)22(20)29/h3-10,27H,11-12H2,1-2H3. The molecule has 1 N–H and O–H groups in total. The van der Waals surface area contributed by atoms with E-state index in [4.69, 9.17) is 0 Å². The second-order valence-electron chi connectivity index (χ2n) is 9.50. The Morgan fingerprint density at radius 3 is 1.87 bits per heavy atom. The number of carbonyl (C=O) groups is 4. The van der Waals surface area contributed by atoms with E-state index in [1.165, 1.54) is 0 Å². The third kappa shape index (κ3) is 2.01. The minimum absolute atomic E-state index is 0.103. The van der Waals surface area contributed by atoms with Gasteiger partial charge in [0.15, 0.2) is 28.5 Å². The van der Waals surface area contributed by atoms with Gasteiger partial charge >= 0.3 is 0 Å². The highest BCUT2D eigenvalue weighted by molar-refractivity contribution is 6.42. The van der Waals surface area contributed by atoms with Crippen molar-refractivity contribution in [3.8, 4) is 0 Å². The Kier molecular flexibility index (Phi) is 3.26. The number of dihydropyridines is 1. The molecule has 0 saturated heterocycles. The Morgan fingerprint density at radius 1 is 0.710 bits per heavy atom. The summed E-state index contributed by atoms with van der Waals surface area (Å²) < 4.78 is 0.